The first-order valence-electron chi connectivity index (χ1n) is 6.19. The highest BCUT2D eigenvalue weighted by atomic mass is 32.2. The summed E-state index contributed by atoms with van der Waals surface area (Å²) in [5.74, 6) is 4.24. The van der Waals surface area contributed by atoms with Gasteiger partial charge in [-0.1, -0.05) is 30.3 Å². The number of thioether (sulfide) groups is 1. The average molecular weight is 235 g/mol. The van der Waals surface area contributed by atoms with Gasteiger partial charge in [0.15, 0.2) is 0 Å². The fraction of sp³-hybridized carbons (Fsp3) is 0.571. The normalized spacial score (nSPS) is 22.9. The highest BCUT2D eigenvalue weighted by molar-refractivity contribution is 7.99. The van der Waals surface area contributed by atoms with Crippen molar-refractivity contribution < 1.29 is 0 Å². The van der Waals surface area contributed by atoms with Gasteiger partial charge in [0, 0.05) is 6.54 Å². The maximum absolute atomic E-state index is 3.35. The summed E-state index contributed by atoms with van der Waals surface area (Å²) in [4.78, 5) is 0. The molecule has 16 heavy (non-hydrogen) atoms. The summed E-state index contributed by atoms with van der Waals surface area (Å²) in [5.41, 5.74) is 1.50. The van der Waals surface area contributed by atoms with E-state index < -0.39 is 0 Å². The van der Waals surface area contributed by atoms with Gasteiger partial charge in [0.25, 0.3) is 0 Å². The monoisotopic (exact) mass is 235 g/mol. The van der Waals surface area contributed by atoms with Crippen molar-refractivity contribution in [3.05, 3.63) is 35.9 Å². The van der Waals surface area contributed by atoms with Crippen LogP contribution in [0.5, 0.6) is 0 Å². The summed E-state index contributed by atoms with van der Waals surface area (Å²) < 4.78 is 0. The molecule has 1 aromatic carbocycles. The second-order valence-corrected chi connectivity index (χ2v) is 5.70. The molecular weight excluding hydrogens is 214 g/mol. The summed E-state index contributed by atoms with van der Waals surface area (Å²) in [7, 11) is 2.06. The Morgan fingerprint density at radius 1 is 1.38 bits per heavy atom. The summed E-state index contributed by atoms with van der Waals surface area (Å²) in [6.07, 6.45) is 2.79. The van der Waals surface area contributed by atoms with Crippen LogP contribution < -0.4 is 5.32 Å². The quantitative estimate of drug-likeness (QED) is 0.860. The van der Waals surface area contributed by atoms with Gasteiger partial charge < -0.3 is 5.32 Å². The molecule has 1 fully saturated rings. The molecule has 0 aliphatic carbocycles. The van der Waals surface area contributed by atoms with Gasteiger partial charge in [-0.25, -0.2) is 0 Å². The molecule has 1 heterocycles. The molecule has 1 nitrogen and oxygen atoms in total. The topological polar surface area (TPSA) is 12.0 Å². The maximum atomic E-state index is 3.35. The van der Waals surface area contributed by atoms with Crippen LogP contribution in [0.2, 0.25) is 0 Å². The van der Waals surface area contributed by atoms with Gasteiger partial charge in [-0.2, -0.15) is 11.8 Å². The molecule has 0 saturated carbocycles. The Morgan fingerprint density at radius 2 is 2.19 bits per heavy atom. The van der Waals surface area contributed by atoms with Gasteiger partial charge in [-0.3, -0.25) is 0 Å². The summed E-state index contributed by atoms with van der Waals surface area (Å²) in [5, 5.41) is 3.35. The molecule has 1 aliphatic heterocycles. The zero-order valence-electron chi connectivity index (χ0n) is 9.99. The van der Waals surface area contributed by atoms with Gasteiger partial charge >= 0.3 is 0 Å². The highest BCUT2D eigenvalue weighted by Crippen LogP contribution is 2.34. The second-order valence-electron chi connectivity index (χ2n) is 4.55. The fourth-order valence-corrected chi connectivity index (χ4v) is 3.80. The first-order chi connectivity index (χ1) is 7.92. The van der Waals surface area contributed by atoms with E-state index in [4.69, 9.17) is 0 Å². The lowest BCUT2D eigenvalue weighted by atomic mass is 9.84. The molecule has 0 bridgehead atoms. The zero-order chi connectivity index (χ0) is 11.2. The van der Waals surface area contributed by atoms with Crippen molar-refractivity contribution >= 4 is 11.8 Å². The van der Waals surface area contributed by atoms with Gasteiger partial charge in [0.05, 0.1) is 0 Å². The minimum atomic E-state index is 0.694. The summed E-state index contributed by atoms with van der Waals surface area (Å²) in [6, 6.07) is 11.0. The van der Waals surface area contributed by atoms with Crippen LogP contribution in [0.1, 0.15) is 24.3 Å². The van der Waals surface area contributed by atoms with Crippen molar-refractivity contribution in [2.45, 2.75) is 18.8 Å². The molecule has 0 aromatic heterocycles. The number of hydrogen-bond acceptors (Lipinski definition) is 2. The Morgan fingerprint density at radius 3 is 2.81 bits per heavy atom. The Hall–Kier alpha value is -0.470. The minimum absolute atomic E-state index is 0.694. The van der Waals surface area contributed by atoms with Crippen molar-refractivity contribution in [2.24, 2.45) is 5.92 Å². The Kier molecular flexibility index (Phi) is 4.73. The molecule has 1 aromatic rings. The van der Waals surface area contributed by atoms with Crippen LogP contribution in [0.15, 0.2) is 30.3 Å². The summed E-state index contributed by atoms with van der Waals surface area (Å²) in [6.45, 7) is 1.11. The predicted octanol–water partition coefficient (Wildman–Crippen LogP) is 3.13. The highest BCUT2D eigenvalue weighted by Gasteiger charge is 2.24. The van der Waals surface area contributed by atoms with E-state index in [2.05, 4.69) is 54.5 Å². The first kappa shape index (κ1) is 12.0. The number of rotatable bonds is 4. The van der Waals surface area contributed by atoms with E-state index in [9.17, 15) is 0 Å². The van der Waals surface area contributed by atoms with Crippen LogP contribution in [-0.4, -0.2) is 25.1 Å². The molecule has 2 heteroatoms. The largest absolute Gasteiger partial charge is 0.319 e. The van der Waals surface area contributed by atoms with E-state index in [0.717, 1.165) is 12.5 Å². The lowest BCUT2D eigenvalue weighted by molar-refractivity contribution is 0.413. The third-order valence-electron chi connectivity index (χ3n) is 3.42. The van der Waals surface area contributed by atoms with Crippen molar-refractivity contribution in [1.82, 2.24) is 5.32 Å². The van der Waals surface area contributed by atoms with Gasteiger partial charge in [-0.05, 0) is 48.8 Å². The third-order valence-corrected chi connectivity index (χ3v) is 4.66. The molecule has 1 N–H and O–H groups in total. The Bertz CT molecular complexity index is 293. The van der Waals surface area contributed by atoms with Crippen LogP contribution in [0.4, 0.5) is 0 Å². The number of nitrogens with one attached hydrogen (secondary N) is 1. The van der Waals surface area contributed by atoms with E-state index in [-0.39, 0.29) is 0 Å². The van der Waals surface area contributed by atoms with Crippen LogP contribution in [-0.2, 0) is 0 Å². The van der Waals surface area contributed by atoms with E-state index in [0.29, 0.717) is 5.92 Å². The van der Waals surface area contributed by atoms with Crippen molar-refractivity contribution in [1.29, 1.82) is 0 Å². The third kappa shape index (κ3) is 3.02. The molecule has 0 radical (unpaired) electrons. The standard InChI is InChI=1S/C14H21NS/c1-15-10-14(12-6-3-2-4-7-12)13-8-5-9-16-11-13/h2-4,6-7,13-15H,5,8-11H2,1H3. The molecule has 0 spiro atoms. The van der Waals surface area contributed by atoms with Gasteiger partial charge in [-0.15, -0.1) is 0 Å². The molecule has 88 valence electrons. The lowest BCUT2D eigenvalue weighted by Gasteiger charge is -2.30. The van der Waals surface area contributed by atoms with Crippen molar-refractivity contribution in [3.8, 4) is 0 Å². The van der Waals surface area contributed by atoms with Crippen LogP contribution in [0.3, 0.4) is 0 Å². The summed E-state index contributed by atoms with van der Waals surface area (Å²) >= 11 is 2.12. The van der Waals surface area contributed by atoms with Crippen LogP contribution >= 0.6 is 11.8 Å². The van der Waals surface area contributed by atoms with Crippen LogP contribution in [0, 0.1) is 5.92 Å². The van der Waals surface area contributed by atoms with Gasteiger partial charge in [0.2, 0.25) is 0 Å². The smallest absolute Gasteiger partial charge is 0.00201 e. The number of likely N-dealkylation sites (N-methyl/N-ethyl adjacent to an activating group) is 1. The SMILES string of the molecule is CNCC(c1ccccc1)C1CCCSC1. The van der Waals surface area contributed by atoms with E-state index in [1.165, 1.54) is 29.9 Å². The fourth-order valence-electron chi connectivity index (χ4n) is 2.56. The lowest BCUT2D eigenvalue weighted by Crippen LogP contribution is -2.27. The Labute approximate surface area is 103 Å². The molecule has 1 saturated heterocycles. The van der Waals surface area contributed by atoms with Crippen LogP contribution in [0.25, 0.3) is 0 Å². The van der Waals surface area contributed by atoms with Crippen molar-refractivity contribution in [2.75, 3.05) is 25.1 Å². The Balaban J connectivity index is 2.09. The second kappa shape index (κ2) is 6.31. The maximum Gasteiger partial charge on any atom is 0.00201 e. The number of hydrogen-bond donors (Lipinski definition) is 1. The average Bonchev–Trinajstić information content (AvgIpc) is 2.38. The first-order valence-corrected chi connectivity index (χ1v) is 7.34. The van der Waals surface area contributed by atoms with E-state index in [1.807, 2.05) is 0 Å². The number of benzene rings is 1. The molecule has 1 aliphatic rings. The molecule has 2 unspecified atom stereocenters. The van der Waals surface area contributed by atoms with E-state index in [1.54, 1.807) is 0 Å². The zero-order valence-corrected chi connectivity index (χ0v) is 10.8. The molecular formula is C14H21NS. The van der Waals surface area contributed by atoms with E-state index >= 15 is 0 Å². The minimum Gasteiger partial charge on any atom is -0.319 e. The van der Waals surface area contributed by atoms with Gasteiger partial charge in [0.1, 0.15) is 0 Å². The van der Waals surface area contributed by atoms with Crippen molar-refractivity contribution in [3.63, 3.8) is 0 Å². The molecule has 2 rings (SSSR count). The molecule has 2 atom stereocenters. The molecule has 0 amide bonds. The predicted molar refractivity (Wildman–Crippen MR) is 73.2 cm³/mol.